The van der Waals surface area contributed by atoms with E-state index in [2.05, 4.69) is 15.4 Å². The molecular formula is C15H14N4O. The second-order valence-electron chi connectivity index (χ2n) is 4.48. The quantitative estimate of drug-likeness (QED) is 0.786. The number of aromatic nitrogens is 3. The molecule has 1 N–H and O–H groups in total. The Morgan fingerprint density at radius 3 is 2.90 bits per heavy atom. The average Bonchev–Trinajstić information content (AvgIpc) is 2.49. The van der Waals surface area contributed by atoms with Gasteiger partial charge in [0.1, 0.15) is 0 Å². The summed E-state index contributed by atoms with van der Waals surface area (Å²) in [7, 11) is 1.76. The number of hydrogen-bond donors (Lipinski definition) is 1. The molecule has 1 aromatic carbocycles. The van der Waals surface area contributed by atoms with Crippen LogP contribution in [0.25, 0.3) is 10.9 Å². The highest BCUT2D eigenvalue weighted by Crippen LogP contribution is 2.16. The van der Waals surface area contributed by atoms with Crippen LogP contribution >= 0.6 is 0 Å². The Labute approximate surface area is 115 Å². The van der Waals surface area contributed by atoms with E-state index in [0.29, 0.717) is 12.2 Å². The van der Waals surface area contributed by atoms with Gasteiger partial charge in [0.05, 0.1) is 23.9 Å². The Hall–Kier alpha value is -2.69. The van der Waals surface area contributed by atoms with Gasteiger partial charge in [-0.05, 0) is 17.7 Å². The number of para-hydroxylation sites is 1. The molecule has 2 aromatic heterocycles. The van der Waals surface area contributed by atoms with Gasteiger partial charge in [-0.3, -0.25) is 9.78 Å². The summed E-state index contributed by atoms with van der Waals surface area (Å²) in [5.74, 6) is 0. The largest absolute Gasteiger partial charge is 0.387 e. The zero-order chi connectivity index (χ0) is 13.9. The van der Waals surface area contributed by atoms with E-state index in [9.17, 15) is 4.79 Å². The topological polar surface area (TPSA) is 59.8 Å². The van der Waals surface area contributed by atoms with Gasteiger partial charge in [-0.2, -0.15) is 5.10 Å². The highest BCUT2D eigenvalue weighted by atomic mass is 16.1. The van der Waals surface area contributed by atoms with Gasteiger partial charge in [0.15, 0.2) is 0 Å². The maximum atomic E-state index is 12.0. The van der Waals surface area contributed by atoms with Gasteiger partial charge in [0, 0.05) is 24.7 Å². The van der Waals surface area contributed by atoms with Crippen LogP contribution < -0.4 is 10.9 Å². The Bertz CT molecular complexity index is 805. The maximum absolute atomic E-state index is 12.0. The lowest BCUT2D eigenvalue weighted by molar-refractivity contribution is 0.642. The van der Waals surface area contributed by atoms with Crippen LogP contribution in [0.1, 0.15) is 5.56 Å². The van der Waals surface area contributed by atoms with Crippen molar-refractivity contribution in [1.29, 1.82) is 0 Å². The molecule has 0 fully saturated rings. The minimum absolute atomic E-state index is 0.127. The first-order chi connectivity index (χ1) is 9.78. The van der Waals surface area contributed by atoms with E-state index >= 15 is 0 Å². The summed E-state index contributed by atoms with van der Waals surface area (Å²) >= 11 is 0. The molecule has 5 nitrogen and oxygen atoms in total. The summed E-state index contributed by atoms with van der Waals surface area (Å²) in [6.45, 7) is 0.436. The molecule has 0 aliphatic rings. The van der Waals surface area contributed by atoms with E-state index in [1.165, 1.54) is 10.7 Å². The smallest absolute Gasteiger partial charge is 0.269 e. The lowest BCUT2D eigenvalue weighted by Gasteiger charge is -2.08. The fourth-order valence-electron chi connectivity index (χ4n) is 2.14. The lowest BCUT2D eigenvalue weighted by Crippen LogP contribution is -2.23. The first-order valence-electron chi connectivity index (χ1n) is 6.35. The number of rotatable bonds is 3. The van der Waals surface area contributed by atoms with E-state index in [0.717, 1.165) is 16.5 Å². The van der Waals surface area contributed by atoms with Crippen LogP contribution in [0.3, 0.4) is 0 Å². The third-order valence-corrected chi connectivity index (χ3v) is 3.22. The van der Waals surface area contributed by atoms with Crippen molar-refractivity contribution in [2.75, 3.05) is 12.4 Å². The van der Waals surface area contributed by atoms with Gasteiger partial charge in [0.25, 0.3) is 5.56 Å². The Kier molecular flexibility index (Phi) is 3.16. The zero-order valence-electron chi connectivity index (χ0n) is 11.1. The van der Waals surface area contributed by atoms with Crippen molar-refractivity contribution in [3.63, 3.8) is 0 Å². The van der Waals surface area contributed by atoms with Crippen LogP contribution in [-0.2, 0) is 6.54 Å². The summed E-state index contributed by atoms with van der Waals surface area (Å²) in [4.78, 5) is 16.3. The Balaban J connectivity index is 2.03. The number of hydrogen-bond acceptors (Lipinski definition) is 4. The van der Waals surface area contributed by atoms with Gasteiger partial charge < -0.3 is 5.32 Å². The predicted octanol–water partition coefficient (Wildman–Crippen LogP) is 1.88. The molecular weight excluding hydrogens is 252 g/mol. The SMILES string of the molecule is CNc1cnn(Cc2ccnc3ccccc23)c(=O)c1. The van der Waals surface area contributed by atoms with E-state index in [-0.39, 0.29) is 5.56 Å². The van der Waals surface area contributed by atoms with Crippen molar-refractivity contribution in [3.8, 4) is 0 Å². The second kappa shape index (κ2) is 5.13. The molecule has 20 heavy (non-hydrogen) atoms. The Morgan fingerprint density at radius 2 is 2.10 bits per heavy atom. The van der Waals surface area contributed by atoms with E-state index in [4.69, 9.17) is 0 Å². The van der Waals surface area contributed by atoms with Gasteiger partial charge in [-0.1, -0.05) is 18.2 Å². The normalized spacial score (nSPS) is 10.7. The molecule has 0 saturated heterocycles. The summed E-state index contributed by atoms with van der Waals surface area (Å²) in [6, 6.07) is 11.3. The fourth-order valence-corrected chi connectivity index (χ4v) is 2.14. The number of fused-ring (bicyclic) bond motifs is 1. The Morgan fingerprint density at radius 1 is 1.25 bits per heavy atom. The summed E-state index contributed by atoms with van der Waals surface area (Å²) < 4.78 is 1.45. The molecule has 0 spiro atoms. The number of nitrogens with one attached hydrogen (secondary N) is 1. The van der Waals surface area contributed by atoms with Gasteiger partial charge in [-0.15, -0.1) is 0 Å². The van der Waals surface area contributed by atoms with Crippen molar-refractivity contribution in [2.24, 2.45) is 0 Å². The monoisotopic (exact) mass is 266 g/mol. The van der Waals surface area contributed by atoms with Crippen molar-refractivity contribution in [1.82, 2.24) is 14.8 Å². The van der Waals surface area contributed by atoms with Crippen LogP contribution in [-0.4, -0.2) is 21.8 Å². The van der Waals surface area contributed by atoms with E-state index in [1.54, 1.807) is 19.4 Å². The highest BCUT2D eigenvalue weighted by molar-refractivity contribution is 5.81. The lowest BCUT2D eigenvalue weighted by atomic mass is 10.1. The molecule has 3 rings (SSSR count). The average molecular weight is 266 g/mol. The number of benzene rings is 1. The minimum atomic E-state index is -0.127. The third kappa shape index (κ3) is 2.25. The molecule has 0 amide bonds. The third-order valence-electron chi connectivity index (χ3n) is 3.22. The second-order valence-corrected chi connectivity index (χ2v) is 4.48. The first-order valence-corrected chi connectivity index (χ1v) is 6.35. The molecule has 0 saturated carbocycles. The van der Waals surface area contributed by atoms with Crippen molar-refractivity contribution >= 4 is 16.6 Å². The molecule has 0 aliphatic heterocycles. The molecule has 0 bridgehead atoms. The van der Waals surface area contributed by atoms with Gasteiger partial charge >= 0.3 is 0 Å². The summed E-state index contributed by atoms with van der Waals surface area (Å²) in [5.41, 5.74) is 2.54. The van der Waals surface area contributed by atoms with Crippen molar-refractivity contribution < 1.29 is 0 Å². The van der Waals surface area contributed by atoms with E-state index < -0.39 is 0 Å². The minimum Gasteiger partial charge on any atom is -0.387 e. The number of pyridine rings is 1. The molecule has 0 atom stereocenters. The molecule has 0 aliphatic carbocycles. The molecule has 100 valence electrons. The first kappa shape index (κ1) is 12.3. The van der Waals surface area contributed by atoms with Crippen LogP contribution in [0.5, 0.6) is 0 Å². The number of nitrogens with zero attached hydrogens (tertiary/aromatic N) is 3. The standard InChI is InChI=1S/C15H14N4O/c1-16-12-8-15(20)19(18-9-12)10-11-6-7-17-14-5-3-2-4-13(11)14/h2-9,16H,10H2,1H3. The molecule has 0 unspecified atom stereocenters. The van der Waals surface area contributed by atoms with Crippen molar-refractivity contribution in [3.05, 3.63) is 64.7 Å². The molecule has 3 aromatic rings. The highest BCUT2D eigenvalue weighted by Gasteiger charge is 2.05. The van der Waals surface area contributed by atoms with Crippen LogP contribution in [0.4, 0.5) is 5.69 Å². The van der Waals surface area contributed by atoms with Crippen LogP contribution in [0.15, 0.2) is 53.6 Å². The fraction of sp³-hybridized carbons (Fsp3) is 0.133. The molecule has 2 heterocycles. The number of anilines is 1. The van der Waals surface area contributed by atoms with Crippen molar-refractivity contribution in [2.45, 2.75) is 6.54 Å². The van der Waals surface area contributed by atoms with Crippen LogP contribution in [0.2, 0.25) is 0 Å². The molecule has 5 heteroatoms. The summed E-state index contributed by atoms with van der Waals surface area (Å²) in [5, 5.41) is 8.12. The van der Waals surface area contributed by atoms with E-state index in [1.807, 2.05) is 30.3 Å². The van der Waals surface area contributed by atoms with Crippen LogP contribution in [0, 0.1) is 0 Å². The maximum Gasteiger partial charge on any atom is 0.269 e. The summed E-state index contributed by atoms with van der Waals surface area (Å²) in [6.07, 6.45) is 3.40. The predicted molar refractivity (Wildman–Crippen MR) is 78.9 cm³/mol. The van der Waals surface area contributed by atoms with Gasteiger partial charge in [0.2, 0.25) is 0 Å². The van der Waals surface area contributed by atoms with Gasteiger partial charge in [-0.25, -0.2) is 4.68 Å². The zero-order valence-corrected chi connectivity index (χ0v) is 11.1. The molecule has 0 radical (unpaired) electrons.